The van der Waals surface area contributed by atoms with E-state index in [1.54, 1.807) is 37.4 Å². The van der Waals surface area contributed by atoms with Gasteiger partial charge in [0.1, 0.15) is 11.3 Å². The maximum Gasteiger partial charge on any atom is 0.374 e. The fraction of sp³-hybridized carbons (Fsp3) is 0.160. The van der Waals surface area contributed by atoms with Gasteiger partial charge in [-0.05, 0) is 56.3 Å². The van der Waals surface area contributed by atoms with Crippen molar-refractivity contribution in [2.24, 2.45) is 0 Å². The number of hydrogen-bond donors (Lipinski definition) is 0. The second-order valence-corrected chi connectivity index (χ2v) is 7.29. The molecular formula is C25H21NO6. The van der Waals surface area contributed by atoms with E-state index in [1.807, 2.05) is 42.7 Å². The number of para-hydroxylation sites is 1. The maximum atomic E-state index is 12.8. The van der Waals surface area contributed by atoms with E-state index in [2.05, 4.69) is 0 Å². The summed E-state index contributed by atoms with van der Waals surface area (Å²) in [5.74, 6) is -0.732. The first-order valence-corrected chi connectivity index (χ1v) is 9.95. The quantitative estimate of drug-likeness (QED) is 0.335. The van der Waals surface area contributed by atoms with Gasteiger partial charge in [-0.3, -0.25) is 9.59 Å². The van der Waals surface area contributed by atoms with E-state index in [4.69, 9.17) is 13.9 Å². The molecule has 2 heterocycles. The predicted octanol–water partition coefficient (Wildman–Crippen LogP) is 4.25. The summed E-state index contributed by atoms with van der Waals surface area (Å²) in [6.45, 7) is 3.25. The van der Waals surface area contributed by atoms with Gasteiger partial charge < -0.3 is 18.5 Å². The Morgan fingerprint density at radius 3 is 2.44 bits per heavy atom. The molecule has 4 aromatic rings. The summed E-state index contributed by atoms with van der Waals surface area (Å²) in [6.07, 6.45) is 0. The molecule has 0 aliphatic carbocycles. The largest absolute Gasteiger partial charge is 0.497 e. The number of ketones is 1. The lowest BCUT2D eigenvalue weighted by Crippen LogP contribution is -2.16. The third-order valence-corrected chi connectivity index (χ3v) is 5.23. The van der Waals surface area contributed by atoms with E-state index in [-0.39, 0.29) is 22.6 Å². The van der Waals surface area contributed by atoms with Crippen LogP contribution >= 0.6 is 0 Å². The Kier molecular flexibility index (Phi) is 5.64. The third-order valence-electron chi connectivity index (χ3n) is 5.23. The average molecular weight is 431 g/mol. The van der Waals surface area contributed by atoms with Crippen LogP contribution in [0.5, 0.6) is 5.75 Å². The number of nitrogens with zero attached hydrogens (tertiary/aromatic N) is 1. The van der Waals surface area contributed by atoms with Crippen LogP contribution < -0.4 is 10.2 Å². The molecule has 7 nitrogen and oxygen atoms in total. The second-order valence-electron chi connectivity index (χ2n) is 7.29. The van der Waals surface area contributed by atoms with Crippen LogP contribution in [-0.4, -0.2) is 30.0 Å². The molecule has 0 saturated carbocycles. The zero-order chi connectivity index (χ0) is 22.8. The molecule has 0 saturated heterocycles. The molecule has 0 fully saturated rings. The number of ether oxygens (including phenoxy) is 2. The lowest BCUT2D eigenvalue weighted by molar-refractivity contribution is 0.0444. The summed E-state index contributed by atoms with van der Waals surface area (Å²) in [4.78, 5) is 37.3. The molecule has 7 heteroatoms. The SMILES string of the molecule is COc1ccc(-n2c(C)cc(C(=O)COC(=O)c3cc(=O)c4ccccc4o3)c2C)cc1. The first-order chi connectivity index (χ1) is 15.4. The van der Waals surface area contributed by atoms with Gasteiger partial charge in [0, 0.05) is 28.7 Å². The van der Waals surface area contributed by atoms with Crippen LogP contribution in [0.4, 0.5) is 0 Å². The van der Waals surface area contributed by atoms with Crippen LogP contribution in [0.1, 0.15) is 32.3 Å². The van der Waals surface area contributed by atoms with Crippen molar-refractivity contribution in [2.45, 2.75) is 13.8 Å². The molecule has 4 rings (SSSR count). The van der Waals surface area contributed by atoms with E-state index in [0.29, 0.717) is 10.9 Å². The molecule has 0 bridgehead atoms. The minimum Gasteiger partial charge on any atom is -0.497 e. The fourth-order valence-corrected chi connectivity index (χ4v) is 3.66. The lowest BCUT2D eigenvalue weighted by atomic mass is 10.1. The molecule has 162 valence electrons. The highest BCUT2D eigenvalue weighted by atomic mass is 16.5. The second kappa shape index (κ2) is 8.55. The Morgan fingerprint density at radius 2 is 1.72 bits per heavy atom. The number of rotatable bonds is 6. The predicted molar refractivity (Wildman–Crippen MR) is 119 cm³/mol. The molecule has 2 aromatic carbocycles. The van der Waals surface area contributed by atoms with E-state index in [0.717, 1.165) is 28.9 Å². The van der Waals surface area contributed by atoms with Crippen LogP contribution in [0.3, 0.4) is 0 Å². The van der Waals surface area contributed by atoms with Gasteiger partial charge >= 0.3 is 5.97 Å². The Bertz CT molecular complexity index is 1380. The molecule has 0 amide bonds. The van der Waals surface area contributed by atoms with Crippen LogP contribution in [0, 0.1) is 13.8 Å². The highest BCUT2D eigenvalue weighted by molar-refractivity contribution is 6.00. The van der Waals surface area contributed by atoms with Crippen molar-refractivity contribution in [1.82, 2.24) is 4.57 Å². The molecule has 2 aromatic heterocycles. The highest BCUT2D eigenvalue weighted by Gasteiger charge is 2.20. The van der Waals surface area contributed by atoms with Crippen molar-refractivity contribution in [3.05, 3.63) is 93.6 Å². The molecule has 0 radical (unpaired) electrons. The number of aryl methyl sites for hydroxylation is 1. The summed E-state index contributed by atoms with van der Waals surface area (Å²) >= 11 is 0. The number of benzene rings is 2. The Morgan fingerprint density at radius 1 is 1.00 bits per heavy atom. The van der Waals surface area contributed by atoms with Gasteiger partial charge in [-0.1, -0.05) is 12.1 Å². The smallest absolute Gasteiger partial charge is 0.374 e. The zero-order valence-electron chi connectivity index (χ0n) is 17.9. The molecule has 0 aliphatic heterocycles. The number of methoxy groups -OCH3 is 1. The van der Waals surface area contributed by atoms with Crippen molar-refractivity contribution >= 4 is 22.7 Å². The number of carbonyl (C=O) groups is 2. The monoisotopic (exact) mass is 431 g/mol. The summed E-state index contributed by atoms with van der Waals surface area (Å²) in [5, 5.41) is 0.367. The number of Topliss-reactive ketones (excluding diaryl/α,β-unsaturated/α-hetero) is 1. The Labute approximate surface area is 183 Å². The molecule has 0 unspecified atom stereocenters. The molecule has 0 N–H and O–H groups in total. The van der Waals surface area contributed by atoms with E-state index < -0.39 is 12.6 Å². The normalized spacial score (nSPS) is 10.8. The lowest BCUT2D eigenvalue weighted by Gasteiger charge is -2.11. The van der Waals surface area contributed by atoms with Crippen molar-refractivity contribution in [1.29, 1.82) is 0 Å². The van der Waals surface area contributed by atoms with Gasteiger partial charge in [0.05, 0.1) is 12.5 Å². The van der Waals surface area contributed by atoms with Gasteiger partial charge in [-0.2, -0.15) is 0 Å². The Hall–Kier alpha value is -4.13. The van der Waals surface area contributed by atoms with Gasteiger partial charge in [-0.15, -0.1) is 0 Å². The summed E-state index contributed by atoms with van der Waals surface area (Å²) in [6, 6.07) is 16.9. The minimum atomic E-state index is -0.870. The third kappa shape index (κ3) is 3.92. The standard InChI is InChI=1S/C25H21NO6/c1-15-12-20(16(2)26(15)17-8-10-18(30-3)11-9-17)22(28)14-31-25(29)24-13-21(27)19-6-4-5-7-23(19)32-24/h4-13H,14H2,1-3H3. The van der Waals surface area contributed by atoms with E-state index >= 15 is 0 Å². The highest BCUT2D eigenvalue weighted by Crippen LogP contribution is 2.23. The fourth-order valence-electron chi connectivity index (χ4n) is 3.66. The molecule has 0 spiro atoms. The number of hydrogen-bond acceptors (Lipinski definition) is 6. The summed E-state index contributed by atoms with van der Waals surface area (Å²) < 4.78 is 17.7. The van der Waals surface area contributed by atoms with Gasteiger partial charge in [0.25, 0.3) is 0 Å². The molecule has 0 aliphatic rings. The first kappa shape index (κ1) is 21.1. The topological polar surface area (TPSA) is 87.7 Å². The number of carbonyl (C=O) groups excluding carboxylic acids is 2. The van der Waals surface area contributed by atoms with Gasteiger partial charge in [0.15, 0.2) is 12.0 Å². The van der Waals surface area contributed by atoms with Crippen molar-refractivity contribution < 1.29 is 23.5 Å². The van der Waals surface area contributed by atoms with Crippen LogP contribution in [-0.2, 0) is 4.74 Å². The van der Waals surface area contributed by atoms with Crippen LogP contribution in [0.2, 0.25) is 0 Å². The molecule has 32 heavy (non-hydrogen) atoms. The zero-order valence-corrected chi connectivity index (χ0v) is 17.9. The van der Waals surface area contributed by atoms with Crippen LogP contribution in [0.15, 0.2) is 69.9 Å². The maximum absolute atomic E-state index is 12.8. The van der Waals surface area contributed by atoms with Gasteiger partial charge in [0.2, 0.25) is 11.5 Å². The number of fused-ring (bicyclic) bond motifs is 1. The van der Waals surface area contributed by atoms with E-state index in [9.17, 15) is 14.4 Å². The van der Waals surface area contributed by atoms with Crippen molar-refractivity contribution in [3.8, 4) is 11.4 Å². The summed E-state index contributed by atoms with van der Waals surface area (Å²) in [7, 11) is 1.60. The first-order valence-electron chi connectivity index (χ1n) is 9.95. The summed E-state index contributed by atoms with van der Waals surface area (Å²) in [5.41, 5.74) is 2.85. The van der Waals surface area contributed by atoms with Crippen molar-refractivity contribution in [3.63, 3.8) is 0 Å². The van der Waals surface area contributed by atoms with Crippen molar-refractivity contribution in [2.75, 3.05) is 13.7 Å². The minimum absolute atomic E-state index is 0.245. The van der Waals surface area contributed by atoms with E-state index in [1.165, 1.54) is 0 Å². The molecule has 0 atom stereocenters. The number of esters is 1. The molecular weight excluding hydrogens is 410 g/mol. The van der Waals surface area contributed by atoms with Crippen LogP contribution in [0.25, 0.3) is 16.7 Å². The Balaban J connectivity index is 1.52. The number of aromatic nitrogens is 1. The average Bonchev–Trinajstić information content (AvgIpc) is 3.11. The van der Waals surface area contributed by atoms with Gasteiger partial charge in [-0.25, -0.2) is 4.79 Å².